The number of ether oxygens (including phenoxy) is 2. The molecule has 0 bridgehead atoms. The van der Waals surface area contributed by atoms with Gasteiger partial charge in [-0.25, -0.2) is 18.4 Å². The maximum Gasteiger partial charge on any atom is 0.331 e. The SMILES string of the molecule is CCOC(=O)C1(NC(=O)c2cc(S(N)(=O)=O)ccc2OC)CCCCC1. The lowest BCUT2D eigenvalue weighted by atomic mass is 9.81. The molecule has 0 atom stereocenters. The average Bonchev–Trinajstić information content (AvgIpc) is 2.61. The van der Waals surface area contributed by atoms with E-state index in [2.05, 4.69) is 5.32 Å². The Morgan fingerprint density at radius 3 is 2.42 bits per heavy atom. The summed E-state index contributed by atoms with van der Waals surface area (Å²) in [5.74, 6) is -0.901. The van der Waals surface area contributed by atoms with E-state index < -0.39 is 27.4 Å². The predicted molar refractivity (Wildman–Crippen MR) is 94.3 cm³/mol. The number of carbonyl (C=O) groups is 2. The highest BCUT2D eigenvalue weighted by Gasteiger charge is 2.42. The zero-order chi connectivity index (χ0) is 19.4. The van der Waals surface area contributed by atoms with Gasteiger partial charge in [-0.15, -0.1) is 0 Å². The van der Waals surface area contributed by atoms with E-state index in [9.17, 15) is 18.0 Å². The first kappa shape index (κ1) is 20.2. The number of amides is 1. The van der Waals surface area contributed by atoms with Crippen molar-refractivity contribution in [1.82, 2.24) is 5.32 Å². The van der Waals surface area contributed by atoms with Crippen LogP contribution in [0.2, 0.25) is 0 Å². The van der Waals surface area contributed by atoms with Crippen LogP contribution in [0.25, 0.3) is 0 Å². The van der Waals surface area contributed by atoms with Gasteiger partial charge in [0.05, 0.1) is 24.2 Å². The topological polar surface area (TPSA) is 125 Å². The van der Waals surface area contributed by atoms with Crippen molar-refractivity contribution in [2.45, 2.75) is 49.5 Å². The molecule has 0 aliphatic heterocycles. The molecule has 1 aromatic rings. The summed E-state index contributed by atoms with van der Waals surface area (Å²) in [7, 11) is -2.62. The fourth-order valence-corrected chi connectivity index (χ4v) is 3.67. The summed E-state index contributed by atoms with van der Waals surface area (Å²) in [6.07, 6.45) is 3.48. The minimum atomic E-state index is -3.98. The summed E-state index contributed by atoms with van der Waals surface area (Å²) in [6.45, 7) is 1.91. The summed E-state index contributed by atoms with van der Waals surface area (Å²) in [5.41, 5.74) is -1.12. The molecule has 3 N–H and O–H groups in total. The summed E-state index contributed by atoms with van der Waals surface area (Å²) < 4.78 is 33.5. The molecule has 1 saturated carbocycles. The number of carbonyl (C=O) groups excluding carboxylic acids is 2. The number of primary sulfonamides is 1. The second kappa shape index (κ2) is 8.05. The van der Waals surface area contributed by atoms with E-state index in [0.29, 0.717) is 12.8 Å². The lowest BCUT2D eigenvalue weighted by Crippen LogP contribution is -2.56. The second-order valence-corrected chi connectivity index (χ2v) is 7.79. The van der Waals surface area contributed by atoms with E-state index in [1.807, 2.05) is 0 Å². The summed E-state index contributed by atoms with van der Waals surface area (Å²) in [6, 6.07) is 3.75. The van der Waals surface area contributed by atoms with Crippen LogP contribution in [0.3, 0.4) is 0 Å². The van der Waals surface area contributed by atoms with Gasteiger partial charge in [0.2, 0.25) is 10.0 Å². The molecule has 0 heterocycles. The molecule has 0 radical (unpaired) electrons. The second-order valence-electron chi connectivity index (χ2n) is 6.22. The van der Waals surface area contributed by atoms with Gasteiger partial charge in [-0.2, -0.15) is 0 Å². The quantitative estimate of drug-likeness (QED) is 0.713. The molecule has 1 aromatic carbocycles. The zero-order valence-corrected chi connectivity index (χ0v) is 15.7. The highest BCUT2D eigenvalue weighted by molar-refractivity contribution is 7.89. The Balaban J connectivity index is 2.38. The van der Waals surface area contributed by atoms with Gasteiger partial charge < -0.3 is 14.8 Å². The van der Waals surface area contributed by atoms with Gasteiger partial charge in [0, 0.05) is 0 Å². The third-order valence-corrected chi connectivity index (χ3v) is 5.38. The Hall–Kier alpha value is -2.13. The van der Waals surface area contributed by atoms with Crippen LogP contribution in [0.5, 0.6) is 5.75 Å². The molecule has 0 aromatic heterocycles. The Labute approximate surface area is 153 Å². The fourth-order valence-electron chi connectivity index (χ4n) is 3.13. The van der Waals surface area contributed by atoms with Gasteiger partial charge in [-0.3, -0.25) is 4.79 Å². The number of esters is 1. The van der Waals surface area contributed by atoms with Crippen molar-refractivity contribution in [3.05, 3.63) is 23.8 Å². The van der Waals surface area contributed by atoms with Crippen molar-refractivity contribution in [2.75, 3.05) is 13.7 Å². The van der Waals surface area contributed by atoms with E-state index in [4.69, 9.17) is 14.6 Å². The number of hydrogen-bond donors (Lipinski definition) is 2. The largest absolute Gasteiger partial charge is 0.496 e. The van der Waals surface area contributed by atoms with Gasteiger partial charge in [0.1, 0.15) is 11.3 Å². The lowest BCUT2D eigenvalue weighted by Gasteiger charge is -2.35. The van der Waals surface area contributed by atoms with Crippen LogP contribution in [-0.2, 0) is 19.6 Å². The van der Waals surface area contributed by atoms with Gasteiger partial charge in [0.25, 0.3) is 5.91 Å². The highest BCUT2D eigenvalue weighted by Crippen LogP contribution is 2.31. The number of nitrogens with one attached hydrogen (secondary N) is 1. The number of hydrogen-bond acceptors (Lipinski definition) is 6. The Bertz CT molecular complexity index is 784. The van der Waals surface area contributed by atoms with Crippen LogP contribution in [0.15, 0.2) is 23.1 Å². The number of sulfonamides is 1. The first-order valence-corrected chi connectivity index (χ1v) is 9.99. The zero-order valence-electron chi connectivity index (χ0n) is 14.9. The third-order valence-electron chi connectivity index (χ3n) is 4.47. The van der Waals surface area contributed by atoms with Crippen LogP contribution in [0, 0.1) is 0 Å². The standard InChI is InChI=1S/C17H24N2O6S/c1-3-25-16(21)17(9-5-4-6-10-17)19-15(20)13-11-12(26(18,22)23)7-8-14(13)24-2/h7-8,11H,3-6,9-10H2,1-2H3,(H,19,20)(H2,18,22,23). The monoisotopic (exact) mass is 384 g/mol. The first-order valence-electron chi connectivity index (χ1n) is 8.44. The molecular formula is C17H24N2O6S. The van der Waals surface area contributed by atoms with Crippen molar-refractivity contribution in [3.63, 3.8) is 0 Å². The number of methoxy groups -OCH3 is 1. The van der Waals surface area contributed by atoms with Gasteiger partial charge in [-0.1, -0.05) is 19.3 Å². The summed E-state index contributed by atoms with van der Waals surface area (Å²) in [4.78, 5) is 25.1. The van der Waals surface area contributed by atoms with Crippen molar-refractivity contribution >= 4 is 21.9 Å². The van der Waals surface area contributed by atoms with Crippen LogP contribution in [-0.4, -0.2) is 39.5 Å². The van der Waals surface area contributed by atoms with Crippen LogP contribution < -0.4 is 15.2 Å². The molecule has 1 aliphatic rings. The maximum absolute atomic E-state index is 12.9. The van der Waals surface area contributed by atoms with E-state index in [-0.39, 0.29) is 22.8 Å². The molecule has 0 spiro atoms. The maximum atomic E-state index is 12.9. The molecule has 0 saturated heterocycles. The van der Waals surface area contributed by atoms with E-state index in [1.54, 1.807) is 6.92 Å². The number of nitrogens with two attached hydrogens (primary N) is 1. The fraction of sp³-hybridized carbons (Fsp3) is 0.529. The van der Waals surface area contributed by atoms with E-state index in [1.165, 1.54) is 19.2 Å². The molecule has 144 valence electrons. The highest BCUT2D eigenvalue weighted by atomic mass is 32.2. The van der Waals surface area contributed by atoms with E-state index in [0.717, 1.165) is 25.3 Å². The smallest absolute Gasteiger partial charge is 0.331 e. The Morgan fingerprint density at radius 1 is 1.23 bits per heavy atom. The van der Waals surface area contributed by atoms with Crippen molar-refractivity contribution in [2.24, 2.45) is 5.14 Å². The van der Waals surface area contributed by atoms with Crippen molar-refractivity contribution < 1.29 is 27.5 Å². The lowest BCUT2D eigenvalue weighted by molar-refractivity contribution is -0.152. The number of rotatable bonds is 6. The molecule has 0 unspecified atom stereocenters. The normalized spacial score (nSPS) is 16.6. The minimum Gasteiger partial charge on any atom is -0.496 e. The average molecular weight is 384 g/mol. The molecule has 2 rings (SSSR count). The first-order chi connectivity index (χ1) is 12.2. The molecule has 8 nitrogen and oxygen atoms in total. The molecule has 1 amide bonds. The van der Waals surface area contributed by atoms with Gasteiger partial charge >= 0.3 is 5.97 Å². The predicted octanol–water partition coefficient (Wildman–Crippen LogP) is 1.34. The van der Waals surface area contributed by atoms with Crippen LogP contribution >= 0.6 is 0 Å². The van der Waals surface area contributed by atoms with E-state index >= 15 is 0 Å². The summed E-state index contributed by atoms with van der Waals surface area (Å²) >= 11 is 0. The van der Waals surface area contributed by atoms with Crippen molar-refractivity contribution in [1.29, 1.82) is 0 Å². The summed E-state index contributed by atoms with van der Waals surface area (Å²) in [5, 5.41) is 7.90. The number of benzene rings is 1. The van der Waals surface area contributed by atoms with Crippen LogP contribution in [0.1, 0.15) is 49.4 Å². The Morgan fingerprint density at radius 2 is 1.88 bits per heavy atom. The van der Waals surface area contributed by atoms with Crippen LogP contribution in [0.4, 0.5) is 0 Å². The molecule has 1 fully saturated rings. The molecule has 9 heteroatoms. The van der Waals surface area contributed by atoms with Gasteiger partial charge in [0.15, 0.2) is 0 Å². The van der Waals surface area contributed by atoms with Crippen molar-refractivity contribution in [3.8, 4) is 5.75 Å². The minimum absolute atomic E-state index is 0.00623. The Kier molecular flexibility index (Phi) is 6.25. The molecular weight excluding hydrogens is 360 g/mol. The molecule has 1 aliphatic carbocycles. The third kappa shape index (κ3) is 4.34. The molecule has 26 heavy (non-hydrogen) atoms. The van der Waals surface area contributed by atoms with Gasteiger partial charge in [-0.05, 0) is 38.0 Å².